The Kier molecular flexibility index (Phi) is 4.05. The Morgan fingerprint density at radius 2 is 2.05 bits per heavy atom. The van der Waals surface area contributed by atoms with Crippen molar-refractivity contribution >= 4 is 12.2 Å². The van der Waals surface area contributed by atoms with Gasteiger partial charge < -0.3 is 4.57 Å². The molecule has 0 saturated heterocycles. The highest BCUT2D eigenvalue weighted by molar-refractivity contribution is 5.72. The second-order valence-corrected chi connectivity index (χ2v) is 4.23. The molecule has 0 amide bonds. The van der Waals surface area contributed by atoms with Crippen LogP contribution in [0.2, 0.25) is 0 Å². The summed E-state index contributed by atoms with van der Waals surface area (Å²) in [5.41, 5.74) is 4.50. The summed E-state index contributed by atoms with van der Waals surface area (Å²) >= 11 is 0. The third kappa shape index (κ3) is 2.53. The van der Waals surface area contributed by atoms with Gasteiger partial charge in [0.2, 0.25) is 0 Å². The van der Waals surface area contributed by atoms with Crippen molar-refractivity contribution in [1.29, 1.82) is 0 Å². The van der Waals surface area contributed by atoms with Crippen LogP contribution in [0.25, 0.3) is 23.4 Å². The first-order valence-corrected chi connectivity index (χ1v) is 6.29. The summed E-state index contributed by atoms with van der Waals surface area (Å²) in [6.07, 6.45) is 11.5. The van der Waals surface area contributed by atoms with Gasteiger partial charge in [0.05, 0.1) is 6.54 Å². The predicted octanol–water partition coefficient (Wildman–Crippen LogP) is 4.46. The van der Waals surface area contributed by atoms with E-state index in [9.17, 15) is 0 Å². The molecule has 0 N–H and O–H groups in total. The van der Waals surface area contributed by atoms with E-state index < -0.39 is 0 Å². The molecule has 1 aromatic heterocycles. The van der Waals surface area contributed by atoms with Crippen molar-refractivity contribution in [3.8, 4) is 23.6 Å². The first-order chi connectivity index (χ1) is 9.31. The van der Waals surface area contributed by atoms with Crippen molar-refractivity contribution in [2.24, 2.45) is 0 Å². The summed E-state index contributed by atoms with van der Waals surface area (Å²) in [7, 11) is 0. The molecular weight excluding hydrogens is 230 g/mol. The molecule has 0 unspecified atom stereocenters. The summed E-state index contributed by atoms with van der Waals surface area (Å²) in [5.74, 6) is 2.72. The van der Waals surface area contributed by atoms with Gasteiger partial charge in [-0.15, -0.1) is 6.42 Å². The van der Waals surface area contributed by atoms with Crippen LogP contribution >= 0.6 is 0 Å². The molecule has 2 rings (SSSR count). The number of allylic oxidation sites excluding steroid dienone is 1. The molecule has 0 spiro atoms. The summed E-state index contributed by atoms with van der Waals surface area (Å²) in [6, 6.07) is 12.4. The topological polar surface area (TPSA) is 4.93 Å². The molecule has 0 fully saturated rings. The number of aromatic nitrogens is 1. The molecule has 0 aliphatic carbocycles. The van der Waals surface area contributed by atoms with Gasteiger partial charge in [-0.3, -0.25) is 0 Å². The van der Waals surface area contributed by atoms with E-state index in [0.29, 0.717) is 6.54 Å². The molecule has 1 nitrogen and oxygen atoms in total. The van der Waals surface area contributed by atoms with Gasteiger partial charge in [0.15, 0.2) is 0 Å². The molecule has 1 heterocycles. The van der Waals surface area contributed by atoms with Crippen molar-refractivity contribution in [2.45, 2.75) is 13.5 Å². The SMILES string of the molecule is C#CCn1c(-c2ccccc2)cc(/C=C\C)c1C=C. The van der Waals surface area contributed by atoms with Crippen LogP contribution in [0.1, 0.15) is 18.2 Å². The fourth-order valence-electron chi connectivity index (χ4n) is 2.24. The van der Waals surface area contributed by atoms with E-state index >= 15 is 0 Å². The molecule has 0 bridgehead atoms. The summed E-state index contributed by atoms with van der Waals surface area (Å²) in [6.45, 7) is 6.45. The van der Waals surface area contributed by atoms with E-state index in [0.717, 1.165) is 22.5 Å². The van der Waals surface area contributed by atoms with Gasteiger partial charge in [-0.25, -0.2) is 0 Å². The molecule has 2 aromatic rings. The third-order valence-electron chi connectivity index (χ3n) is 3.03. The molecule has 0 aliphatic rings. The largest absolute Gasteiger partial charge is 0.329 e. The van der Waals surface area contributed by atoms with Crippen LogP contribution in [-0.2, 0) is 6.54 Å². The molecular formula is C18H17N. The Bertz CT molecular complexity index is 636. The molecule has 0 saturated carbocycles. The van der Waals surface area contributed by atoms with Crippen LogP contribution in [0.5, 0.6) is 0 Å². The van der Waals surface area contributed by atoms with E-state index in [1.54, 1.807) is 0 Å². The first-order valence-electron chi connectivity index (χ1n) is 6.29. The minimum Gasteiger partial charge on any atom is -0.329 e. The number of benzene rings is 1. The maximum atomic E-state index is 5.49. The van der Waals surface area contributed by atoms with Gasteiger partial charge in [-0.1, -0.05) is 55.0 Å². The van der Waals surface area contributed by atoms with Gasteiger partial charge in [-0.05, 0) is 30.2 Å². The molecule has 1 aromatic carbocycles. The smallest absolute Gasteiger partial charge is 0.0841 e. The zero-order chi connectivity index (χ0) is 13.7. The van der Waals surface area contributed by atoms with Crippen LogP contribution in [0, 0.1) is 12.3 Å². The maximum Gasteiger partial charge on any atom is 0.0841 e. The third-order valence-corrected chi connectivity index (χ3v) is 3.03. The average Bonchev–Trinajstić information content (AvgIpc) is 2.78. The quantitative estimate of drug-likeness (QED) is 0.703. The van der Waals surface area contributed by atoms with Crippen molar-refractivity contribution in [3.63, 3.8) is 0 Å². The van der Waals surface area contributed by atoms with E-state index in [2.05, 4.69) is 41.3 Å². The lowest BCUT2D eigenvalue weighted by atomic mass is 10.1. The average molecular weight is 247 g/mol. The van der Waals surface area contributed by atoms with Crippen LogP contribution in [-0.4, -0.2) is 4.57 Å². The van der Waals surface area contributed by atoms with Crippen LogP contribution < -0.4 is 0 Å². The summed E-state index contributed by atoms with van der Waals surface area (Å²) in [4.78, 5) is 0. The lowest BCUT2D eigenvalue weighted by Gasteiger charge is -2.08. The molecule has 94 valence electrons. The van der Waals surface area contributed by atoms with Crippen LogP contribution in [0.3, 0.4) is 0 Å². The Labute approximate surface area is 114 Å². The maximum absolute atomic E-state index is 5.49. The molecule has 19 heavy (non-hydrogen) atoms. The summed E-state index contributed by atoms with van der Waals surface area (Å²) in [5, 5.41) is 0. The molecule has 0 aliphatic heterocycles. The zero-order valence-electron chi connectivity index (χ0n) is 11.1. The second-order valence-electron chi connectivity index (χ2n) is 4.23. The normalized spacial score (nSPS) is 10.5. The lowest BCUT2D eigenvalue weighted by molar-refractivity contribution is 0.849. The molecule has 0 atom stereocenters. The zero-order valence-corrected chi connectivity index (χ0v) is 11.1. The number of terminal acetylenes is 1. The highest BCUT2D eigenvalue weighted by Crippen LogP contribution is 2.27. The van der Waals surface area contributed by atoms with Gasteiger partial charge in [0.1, 0.15) is 0 Å². The van der Waals surface area contributed by atoms with Crippen molar-refractivity contribution in [3.05, 3.63) is 60.3 Å². The van der Waals surface area contributed by atoms with Crippen molar-refractivity contribution in [1.82, 2.24) is 4.57 Å². The Morgan fingerprint density at radius 1 is 1.32 bits per heavy atom. The van der Waals surface area contributed by atoms with Crippen LogP contribution in [0.15, 0.2) is 49.1 Å². The Hall–Kier alpha value is -2.46. The van der Waals surface area contributed by atoms with Gasteiger partial charge in [0, 0.05) is 11.4 Å². The molecule has 0 radical (unpaired) electrons. The number of hydrogen-bond acceptors (Lipinski definition) is 0. The highest BCUT2D eigenvalue weighted by atomic mass is 15.0. The monoisotopic (exact) mass is 247 g/mol. The van der Waals surface area contributed by atoms with E-state index in [4.69, 9.17) is 6.42 Å². The Balaban J connectivity index is 2.66. The first kappa shape index (κ1) is 13.0. The molecule has 1 heteroatoms. The number of nitrogens with zero attached hydrogens (tertiary/aromatic N) is 1. The van der Waals surface area contributed by atoms with Crippen LogP contribution in [0.4, 0.5) is 0 Å². The van der Waals surface area contributed by atoms with E-state index in [1.165, 1.54) is 0 Å². The summed E-state index contributed by atoms with van der Waals surface area (Å²) < 4.78 is 2.12. The second kappa shape index (κ2) is 5.93. The van der Waals surface area contributed by atoms with Crippen molar-refractivity contribution in [2.75, 3.05) is 0 Å². The van der Waals surface area contributed by atoms with Gasteiger partial charge in [-0.2, -0.15) is 0 Å². The predicted molar refractivity (Wildman–Crippen MR) is 83.5 cm³/mol. The minimum atomic E-state index is 0.545. The fourth-order valence-corrected chi connectivity index (χ4v) is 2.24. The van der Waals surface area contributed by atoms with E-state index in [1.807, 2.05) is 37.3 Å². The van der Waals surface area contributed by atoms with E-state index in [-0.39, 0.29) is 0 Å². The highest BCUT2D eigenvalue weighted by Gasteiger charge is 2.11. The number of rotatable bonds is 4. The fraction of sp³-hybridized carbons (Fsp3) is 0.111. The standard InChI is InChI=1S/C18H17N/c1-4-10-16-14-18(15-11-8-7-9-12-15)19(13-5-2)17(16)6-3/h2,4,6-12,14H,3,13H2,1H3/b10-4-. The minimum absolute atomic E-state index is 0.545. The Morgan fingerprint density at radius 3 is 2.63 bits per heavy atom. The lowest BCUT2D eigenvalue weighted by Crippen LogP contribution is -2.00. The number of hydrogen-bond donors (Lipinski definition) is 0. The van der Waals surface area contributed by atoms with Gasteiger partial charge >= 0.3 is 0 Å². The van der Waals surface area contributed by atoms with Crippen molar-refractivity contribution < 1.29 is 0 Å². The van der Waals surface area contributed by atoms with Gasteiger partial charge in [0.25, 0.3) is 0 Å².